The zero-order valence-corrected chi connectivity index (χ0v) is 14.5. The molecule has 3 N–H and O–H groups in total. The zero-order chi connectivity index (χ0) is 15.0. The number of anilines is 1. The van der Waals surface area contributed by atoms with Crippen LogP contribution in [0.15, 0.2) is 28.7 Å². The third-order valence-corrected chi connectivity index (χ3v) is 3.27. The normalized spacial score (nSPS) is 11.2. The Labute approximate surface area is 139 Å². The summed E-state index contributed by atoms with van der Waals surface area (Å²) in [6, 6.07) is 7.35. The second-order valence-corrected chi connectivity index (χ2v) is 5.47. The summed E-state index contributed by atoms with van der Waals surface area (Å²) >= 11 is 3.33. The third-order valence-electron chi connectivity index (χ3n) is 2.74. The molecule has 0 bridgehead atoms. The van der Waals surface area contributed by atoms with Crippen LogP contribution in [0.25, 0.3) is 0 Å². The molecule has 1 unspecified atom stereocenters. The van der Waals surface area contributed by atoms with Gasteiger partial charge < -0.3 is 16.0 Å². The Morgan fingerprint density at radius 2 is 1.86 bits per heavy atom. The number of benzene rings is 1. The Bertz CT molecular complexity index is 454. The van der Waals surface area contributed by atoms with E-state index in [2.05, 4.69) is 31.9 Å². The lowest BCUT2D eigenvalue weighted by atomic mass is 10.1. The van der Waals surface area contributed by atoms with Gasteiger partial charge in [-0.3, -0.25) is 9.59 Å². The third kappa shape index (κ3) is 8.04. The molecule has 1 atom stereocenters. The minimum Gasteiger partial charge on any atom is -0.355 e. The number of nitrogens with one attached hydrogen (secondary N) is 3. The summed E-state index contributed by atoms with van der Waals surface area (Å²) in [6.45, 7) is 2.81. The Balaban J connectivity index is 0.00000400. The summed E-state index contributed by atoms with van der Waals surface area (Å²) in [5.41, 5.74) is 0.744. The van der Waals surface area contributed by atoms with E-state index in [1.165, 1.54) is 0 Å². The maximum Gasteiger partial charge on any atom is 0.226 e. The summed E-state index contributed by atoms with van der Waals surface area (Å²) < 4.78 is 0.960. The highest BCUT2D eigenvalue weighted by Gasteiger charge is 2.11. The van der Waals surface area contributed by atoms with Crippen molar-refractivity contribution in [2.75, 3.05) is 25.5 Å². The average Bonchev–Trinajstić information content (AvgIpc) is 2.41. The Hall–Kier alpha value is -1.11. The molecule has 0 saturated heterocycles. The molecule has 21 heavy (non-hydrogen) atoms. The van der Waals surface area contributed by atoms with Crippen molar-refractivity contribution >= 4 is 45.8 Å². The van der Waals surface area contributed by atoms with E-state index in [0.717, 1.165) is 10.2 Å². The molecule has 0 aliphatic carbocycles. The van der Waals surface area contributed by atoms with Crippen LogP contribution in [0.4, 0.5) is 5.69 Å². The number of hydrogen-bond donors (Lipinski definition) is 3. The molecule has 0 aliphatic heterocycles. The van der Waals surface area contributed by atoms with Crippen molar-refractivity contribution in [3.8, 4) is 0 Å². The van der Waals surface area contributed by atoms with E-state index in [0.29, 0.717) is 13.1 Å². The minimum absolute atomic E-state index is 0. The second kappa shape index (κ2) is 10.6. The van der Waals surface area contributed by atoms with Gasteiger partial charge in [0.2, 0.25) is 11.8 Å². The molecule has 2 amide bonds. The first kappa shape index (κ1) is 19.9. The average molecular weight is 379 g/mol. The summed E-state index contributed by atoms with van der Waals surface area (Å²) in [7, 11) is 1.80. The van der Waals surface area contributed by atoms with Crippen molar-refractivity contribution in [1.82, 2.24) is 10.6 Å². The molecule has 1 aromatic rings. The highest BCUT2D eigenvalue weighted by Crippen LogP contribution is 2.14. The maximum absolute atomic E-state index is 11.7. The number of amides is 2. The van der Waals surface area contributed by atoms with Crippen LogP contribution in [0, 0.1) is 5.92 Å². The van der Waals surface area contributed by atoms with Crippen LogP contribution in [0.1, 0.15) is 13.3 Å². The number of halogens is 2. The summed E-state index contributed by atoms with van der Waals surface area (Å²) in [5.74, 6) is -0.265. The fourth-order valence-electron chi connectivity index (χ4n) is 1.63. The molecule has 0 heterocycles. The lowest BCUT2D eigenvalue weighted by Crippen LogP contribution is -2.35. The molecular weight excluding hydrogens is 358 g/mol. The molecule has 0 fully saturated rings. The fourth-order valence-corrected chi connectivity index (χ4v) is 1.89. The van der Waals surface area contributed by atoms with Crippen LogP contribution in [0.3, 0.4) is 0 Å². The fraction of sp³-hybridized carbons (Fsp3) is 0.429. The van der Waals surface area contributed by atoms with Crippen LogP contribution < -0.4 is 16.0 Å². The Morgan fingerprint density at radius 1 is 1.24 bits per heavy atom. The van der Waals surface area contributed by atoms with Gasteiger partial charge in [0.1, 0.15) is 0 Å². The van der Waals surface area contributed by atoms with Crippen LogP contribution in [0.2, 0.25) is 0 Å². The highest BCUT2D eigenvalue weighted by molar-refractivity contribution is 9.10. The van der Waals surface area contributed by atoms with E-state index in [1.807, 2.05) is 31.2 Å². The molecule has 0 radical (unpaired) electrons. The molecule has 0 aromatic heterocycles. The maximum atomic E-state index is 11.7. The van der Waals surface area contributed by atoms with Gasteiger partial charge in [-0.2, -0.15) is 0 Å². The van der Waals surface area contributed by atoms with E-state index in [4.69, 9.17) is 0 Å². The first-order valence-corrected chi connectivity index (χ1v) is 7.30. The van der Waals surface area contributed by atoms with Gasteiger partial charge in [-0.25, -0.2) is 0 Å². The lowest BCUT2D eigenvalue weighted by molar-refractivity contribution is -0.124. The predicted molar refractivity (Wildman–Crippen MR) is 90.7 cm³/mol. The first-order chi connectivity index (χ1) is 9.52. The van der Waals surface area contributed by atoms with E-state index in [-0.39, 0.29) is 36.6 Å². The Kier molecular flexibility index (Phi) is 10.0. The smallest absolute Gasteiger partial charge is 0.226 e. The molecule has 0 spiro atoms. The summed E-state index contributed by atoms with van der Waals surface area (Å²) in [5, 5.41) is 8.46. The van der Waals surface area contributed by atoms with Gasteiger partial charge in [0.15, 0.2) is 0 Å². The lowest BCUT2D eigenvalue weighted by Gasteiger charge is -2.11. The second-order valence-electron chi connectivity index (χ2n) is 4.55. The summed E-state index contributed by atoms with van der Waals surface area (Å²) in [6.07, 6.45) is 0.258. The van der Waals surface area contributed by atoms with E-state index >= 15 is 0 Å². The highest BCUT2D eigenvalue weighted by atomic mass is 79.9. The van der Waals surface area contributed by atoms with Crippen molar-refractivity contribution in [1.29, 1.82) is 0 Å². The number of carbonyl (C=O) groups is 2. The van der Waals surface area contributed by atoms with Gasteiger partial charge in [-0.05, 0) is 31.3 Å². The van der Waals surface area contributed by atoms with Gasteiger partial charge in [0, 0.05) is 35.6 Å². The molecule has 7 heteroatoms. The van der Waals surface area contributed by atoms with Crippen LogP contribution >= 0.6 is 28.3 Å². The molecule has 5 nitrogen and oxygen atoms in total. The summed E-state index contributed by atoms with van der Waals surface area (Å²) in [4.78, 5) is 23.3. The van der Waals surface area contributed by atoms with Gasteiger partial charge in [0.25, 0.3) is 0 Å². The minimum atomic E-state index is -0.117. The topological polar surface area (TPSA) is 70.2 Å². The van der Waals surface area contributed by atoms with Crippen molar-refractivity contribution in [3.05, 3.63) is 28.7 Å². The quantitative estimate of drug-likeness (QED) is 0.681. The molecular formula is C14H21BrClN3O2. The SMILES string of the molecule is CNCC(C)C(=O)NCCC(=O)Nc1ccc(Br)cc1.Cl. The van der Waals surface area contributed by atoms with Crippen molar-refractivity contribution < 1.29 is 9.59 Å². The van der Waals surface area contributed by atoms with Gasteiger partial charge in [-0.15, -0.1) is 12.4 Å². The molecule has 0 aliphatic rings. The van der Waals surface area contributed by atoms with Crippen LogP contribution in [-0.2, 0) is 9.59 Å². The standard InChI is InChI=1S/C14H20BrN3O2.ClH/c1-10(9-16-2)14(20)17-8-7-13(19)18-12-5-3-11(15)4-6-12;/h3-6,10,16H,7-9H2,1-2H3,(H,17,20)(H,18,19);1H. The van der Waals surface area contributed by atoms with Crippen LogP contribution in [-0.4, -0.2) is 32.0 Å². The largest absolute Gasteiger partial charge is 0.355 e. The zero-order valence-electron chi connectivity index (χ0n) is 12.1. The van der Waals surface area contributed by atoms with Crippen molar-refractivity contribution in [2.45, 2.75) is 13.3 Å². The number of rotatable bonds is 7. The first-order valence-electron chi connectivity index (χ1n) is 6.50. The van der Waals surface area contributed by atoms with Crippen molar-refractivity contribution in [2.24, 2.45) is 5.92 Å². The number of hydrogen-bond acceptors (Lipinski definition) is 3. The van der Waals surface area contributed by atoms with E-state index in [1.54, 1.807) is 7.05 Å². The van der Waals surface area contributed by atoms with Gasteiger partial charge in [0.05, 0.1) is 0 Å². The number of carbonyl (C=O) groups excluding carboxylic acids is 2. The van der Waals surface area contributed by atoms with Gasteiger partial charge >= 0.3 is 0 Å². The van der Waals surface area contributed by atoms with Gasteiger partial charge in [-0.1, -0.05) is 22.9 Å². The predicted octanol–water partition coefficient (Wildman–Crippen LogP) is 2.17. The van der Waals surface area contributed by atoms with Crippen LogP contribution in [0.5, 0.6) is 0 Å². The molecule has 1 aromatic carbocycles. The van der Waals surface area contributed by atoms with E-state index in [9.17, 15) is 9.59 Å². The molecule has 1 rings (SSSR count). The van der Waals surface area contributed by atoms with Crippen molar-refractivity contribution in [3.63, 3.8) is 0 Å². The monoisotopic (exact) mass is 377 g/mol. The molecule has 118 valence electrons. The molecule has 0 saturated carbocycles. The van der Waals surface area contributed by atoms with E-state index < -0.39 is 0 Å². The Morgan fingerprint density at radius 3 is 2.43 bits per heavy atom.